The van der Waals surface area contributed by atoms with Crippen LogP contribution in [-0.4, -0.2) is 20.2 Å². The summed E-state index contributed by atoms with van der Waals surface area (Å²) >= 11 is 0. The van der Waals surface area contributed by atoms with Gasteiger partial charge in [-0.25, -0.2) is 4.39 Å². The molecule has 0 fully saturated rings. The Kier molecular flexibility index (Phi) is 1.55. The van der Waals surface area contributed by atoms with Crippen LogP contribution < -0.4 is 0 Å². The third kappa shape index (κ3) is 1.16. The number of aromatic nitrogens is 4. The summed E-state index contributed by atoms with van der Waals surface area (Å²) in [7, 11) is 0. The Hall–Kier alpha value is -1.78. The van der Waals surface area contributed by atoms with Crippen LogP contribution in [0.5, 0.6) is 0 Å². The Balaban J connectivity index is 2.43. The fraction of sp³-hybridized carbons (Fsp3) is 0. The molecule has 0 amide bonds. The van der Waals surface area contributed by atoms with Crippen molar-refractivity contribution in [3.8, 4) is 5.69 Å². The molecule has 0 saturated carbocycles. The predicted molar refractivity (Wildman–Crippen MR) is 37.9 cm³/mol. The van der Waals surface area contributed by atoms with E-state index < -0.39 is 0 Å². The van der Waals surface area contributed by atoms with E-state index in [1.807, 2.05) is 0 Å². The molecular formula is C7H4FN4. The third-order valence-corrected chi connectivity index (χ3v) is 1.38. The Morgan fingerprint density at radius 1 is 1.25 bits per heavy atom. The molecule has 59 valence electrons. The van der Waals surface area contributed by atoms with E-state index in [2.05, 4.69) is 21.9 Å². The lowest BCUT2D eigenvalue weighted by Gasteiger charge is -1.95. The standard InChI is InChI=1S/C7H4FN4/c8-6-1-3-7(4-2-6)12-5-9-10-11-12/h1-4H. The molecular weight excluding hydrogens is 159 g/mol. The monoisotopic (exact) mass is 163 g/mol. The first-order valence-corrected chi connectivity index (χ1v) is 3.28. The second-order valence-corrected chi connectivity index (χ2v) is 2.17. The van der Waals surface area contributed by atoms with Crippen molar-refractivity contribution in [1.29, 1.82) is 0 Å². The van der Waals surface area contributed by atoms with Crippen LogP contribution in [0.4, 0.5) is 4.39 Å². The van der Waals surface area contributed by atoms with Gasteiger partial charge in [0.25, 0.3) is 0 Å². The lowest BCUT2D eigenvalue weighted by Crippen LogP contribution is -1.94. The highest BCUT2D eigenvalue weighted by molar-refractivity contribution is 5.29. The van der Waals surface area contributed by atoms with E-state index in [-0.39, 0.29) is 5.82 Å². The zero-order valence-corrected chi connectivity index (χ0v) is 5.98. The van der Waals surface area contributed by atoms with Gasteiger partial charge in [-0.3, -0.25) is 0 Å². The summed E-state index contributed by atoms with van der Waals surface area (Å²) in [5.74, 6) is -0.285. The van der Waals surface area contributed by atoms with E-state index in [0.717, 1.165) is 0 Å². The largest absolute Gasteiger partial charge is 0.226 e. The Labute approximate surface area is 67.6 Å². The molecule has 0 bridgehead atoms. The maximum absolute atomic E-state index is 12.5. The lowest BCUT2D eigenvalue weighted by atomic mass is 10.3. The molecule has 0 N–H and O–H groups in total. The topological polar surface area (TPSA) is 43.6 Å². The van der Waals surface area contributed by atoms with Crippen molar-refractivity contribution in [2.24, 2.45) is 0 Å². The number of tetrazole rings is 1. The lowest BCUT2D eigenvalue weighted by molar-refractivity contribution is 0.626. The summed E-state index contributed by atoms with van der Waals surface area (Å²) in [6, 6.07) is 5.82. The van der Waals surface area contributed by atoms with Crippen LogP contribution in [0.3, 0.4) is 0 Å². The first-order valence-electron chi connectivity index (χ1n) is 3.28. The van der Waals surface area contributed by atoms with E-state index in [9.17, 15) is 4.39 Å². The average molecular weight is 163 g/mol. The maximum Gasteiger partial charge on any atom is 0.226 e. The molecule has 1 aromatic carbocycles. The minimum atomic E-state index is -0.285. The minimum absolute atomic E-state index is 0.285. The summed E-state index contributed by atoms with van der Waals surface area (Å²) in [5, 5.41) is 10.3. The zero-order chi connectivity index (χ0) is 8.39. The molecule has 2 aromatic rings. The number of rotatable bonds is 1. The van der Waals surface area contributed by atoms with Crippen LogP contribution in [0.1, 0.15) is 0 Å². The second-order valence-electron chi connectivity index (χ2n) is 2.17. The second kappa shape index (κ2) is 2.69. The van der Waals surface area contributed by atoms with Crippen molar-refractivity contribution in [2.75, 3.05) is 0 Å². The summed E-state index contributed by atoms with van der Waals surface area (Å²) in [6.45, 7) is 0. The van der Waals surface area contributed by atoms with E-state index in [4.69, 9.17) is 0 Å². The van der Waals surface area contributed by atoms with Crippen molar-refractivity contribution >= 4 is 0 Å². The fourth-order valence-corrected chi connectivity index (χ4v) is 0.834. The van der Waals surface area contributed by atoms with Gasteiger partial charge < -0.3 is 0 Å². The molecule has 0 aliphatic rings. The van der Waals surface area contributed by atoms with Crippen molar-refractivity contribution in [3.63, 3.8) is 0 Å². The van der Waals surface area contributed by atoms with Crippen LogP contribution in [0.15, 0.2) is 24.3 Å². The van der Waals surface area contributed by atoms with E-state index in [1.165, 1.54) is 16.8 Å². The number of benzene rings is 1. The molecule has 0 unspecified atom stereocenters. The van der Waals surface area contributed by atoms with Gasteiger partial charge in [0.05, 0.1) is 5.69 Å². The molecule has 0 saturated heterocycles. The SMILES string of the molecule is Fc1ccc(-n2[c]nnn2)cc1. The Morgan fingerprint density at radius 3 is 2.58 bits per heavy atom. The van der Waals surface area contributed by atoms with Gasteiger partial charge >= 0.3 is 0 Å². The van der Waals surface area contributed by atoms with Crippen molar-refractivity contribution in [3.05, 3.63) is 36.4 Å². The molecule has 1 radical (unpaired) electrons. The van der Waals surface area contributed by atoms with Crippen LogP contribution >= 0.6 is 0 Å². The van der Waals surface area contributed by atoms with Gasteiger partial charge in [0.1, 0.15) is 5.82 Å². The molecule has 0 spiro atoms. The quantitative estimate of drug-likeness (QED) is 0.618. The fourth-order valence-electron chi connectivity index (χ4n) is 0.834. The van der Waals surface area contributed by atoms with E-state index in [1.54, 1.807) is 12.1 Å². The first kappa shape index (κ1) is 6.90. The third-order valence-electron chi connectivity index (χ3n) is 1.38. The molecule has 0 aliphatic carbocycles. The molecule has 5 heteroatoms. The molecule has 1 heterocycles. The van der Waals surface area contributed by atoms with Crippen molar-refractivity contribution in [1.82, 2.24) is 20.2 Å². The predicted octanol–water partition coefficient (Wildman–Crippen LogP) is 0.602. The molecule has 2 rings (SSSR count). The Bertz CT molecular complexity index is 353. The summed E-state index contributed by atoms with van der Waals surface area (Å²) in [5.41, 5.74) is 0.682. The summed E-state index contributed by atoms with van der Waals surface area (Å²) < 4.78 is 13.8. The molecule has 0 aliphatic heterocycles. The smallest absolute Gasteiger partial charge is 0.207 e. The van der Waals surface area contributed by atoms with Gasteiger partial charge in [0.15, 0.2) is 0 Å². The van der Waals surface area contributed by atoms with Crippen LogP contribution in [0.2, 0.25) is 0 Å². The van der Waals surface area contributed by atoms with Crippen LogP contribution in [-0.2, 0) is 0 Å². The van der Waals surface area contributed by atoms with Crippen LogP contribution in [0.25, 0.3) is 5.69 Å². The highest BCUT2D eigenvalue weighted by Crippen LogP contribution is 2.05. The zero-order valence-electron chi connectivity index (χ0n) is 5.98. The molecule has 1 aromatic heterocycles. The maximum atomic E-state index is 12.5. The summed E-state index contributed by atoms with van der Waals surface area (Å²) in [4.78, 5) is 0. The van der Waals surface area contributed by atoms with Gasteiger partial charge in [0, 0.05) is 0 Å². The highest BCUT2D eigenvalue weighted by Gasteiger charge is 1.97. The number of nitrogens with zero attached hydrogens (tertiary/aromatic N) is 4. The molecule has 0 atom stereocenters. The van der Waals surface area contributed by atoms with Gasteiger partial charge in [-0.05, 0) is 34.7 Å². The van der Waals surface area contributed by atoms with Gasteiger partial charge in [-0.2, -0.15) is 4.68 Å². The van der Waals surface area contributed by atoms with Gasteiger partial charge in [-0.15, -0.1) is 5.10 Å². The van der Waals surface area contributed by atoms with E-state index >= 15 is 0 Å². The molecule has 4 nitrogen and oxygen atoms in total. The average Bonchev–Trinajstić information content (AvgIpc) is 2.58. The first-order chi connectivity index (χ1) is 5.86. The minimum Gasteiger partial charge on any atom is -0.207 e. The van der Waals surface area contributed by atoms with Gasteiger partial charge in [0.2, 0.25) is 6.33 Å². The number of hydrogen-bond donors (Lipinski definition) is 0. The van der Waals surface area contributed by atoms with Crippen molar-refractivity contribution in [2.45, 2.75) is 0 Å². The Morgan fingerprint density at radius 2 is 2.00 bits per heavy atom. The normalized spacial score (nSPS) is 10.1. The molecule has 12 heavy (non-hydrogen) atoms. The summed E-state index contributed by atoms with van der Waals surface area (Å²) in [6.07, 6.45) is 2.49. The van der Waals surface area contributed by atoms with Crippen LogP contribution in [0, 0.1) is 12.1 Å². The van der Waals surface area contributed by atoms with Crippen molar-refractivity contribution < 1.29 is 4.39 Å². The highest BCUT2D eigenvalue weighted by atomic mass is 19.1. The number of hydrogen-bond acceptors (Lipinski definition) is 3. The van der Waals surface area contributed by atoms with Gasteiger partial charge in [-0.1, -0.05) is 0 Å². The van der Waals surface area contributed by atoms with E-state index in [0.29, 0.717) is 5.69 Å². The number of halogens is 1.